The summed E-state index contributed by atoms with van der Waals surface area (Å²) < 4.78 is 0. The summed E-state index contributed by atoms with van der Waals surface area (Å²) in [5.74, 6) is 1.18. The summed E-state index contributed by atoms with van der Waals surface area (Å²) in [5, 5.41) is 0. The van der Waals surface area contributed by atoms with Gasteiger partial charge in [0.1, 0.15) is 0 Å². The number of anilines is 6. The average molecular weight is 821 g/mol. The molecule has 13 rings (SSSR count). The molecule has 0 aliphatic heterocycles. The fourth-order valence-corrected chi connectivity index (χ4v) is 12.9. The molecule has 0 aromatic heterocycles. The topological polar surface area (TPSA) is 6.48 Å². The first-order valence-corrected chi connectivity index (χ1v) is 23.1. The van der Waals surface area contributed by atoms with Gasteiger partial charge in [-0.05, 0) is 148 Å². The van der Waals surface area contributed by atoms with Crippen LogP contribution >= 0.6 is 0 Å². The molecule has 0 amide bonds. The van der Waals surface area contributed by atoms with Gasteiger partial charge in [-0.2, -0.15) is 0 Å². The maximum atomic E-state index is 2.61. The first-order valence-electron chi connectivity index (χ1n) is 23.1. The molecule has 306 valence electrons. The van der Waals surface area contributed by atoms with Crippen molar-refractivity contribution in [2.45, 2.75) is 37.0 Å². The minimum atomic E-state index is -0.154. The Bertz CT molecular complexity index is 3190. The average Bonchev–Trinajstić information content (AvgIpc) is 4.08. The van der Waals surface area contributed by atoms with Crippen LogP contribution in [0.15, 0.2) is 224 Å². The number of fused-ring (bicyclic) bond motifs is 5. The largest absolute Gasteiger partial charge is 0.310 e. The van der Waals surface area contributed by atoms with Crippen molar-refractivity contribution in [3.63, 3.8) is 0 Å². The number of benzene rings is 9. The minimum absolute atomic E-state index is 0.154. The molecule has 0 radical (unpaired) electrons. The molecule has 2 nitrogen and oxygen atoms in total. The molecule has 9 aromatic rings. The van der Waals surface area contributed by atoms with Gasteiger partial charge in [-0.3, -0.25) is 0 Å². The van der Waals surface area contributed by atoms with Crippen LogP contribution in [0.4, 0.5) is 34.1 Å². The van der Waals surface area contributed by atoms with Gasteiger partial charge < -0.3 is 9.80 Å². The standard InChI is InChI=1S/C62H48N2/c1-5-19-42(20-6-1)51-29-15-16-32-56(51)64(49-27-11-4-12-28-49)58-34-18-24-45-40-47-36-35-46-39-44-23-17-33-57(60(44)62(46,47)61(45)58)63(48-25-9-3-10-26-48)50-37-38-53-52-30-13-14-31-54(52)59(55(53)41-50)43-21-7-2-8-22-43/h1-34,37-38,41,46-47,59H,35-36,39-40H2. The SMILES string of the molecule is c1ccc(-c2ccccc2N(c2ccccc2)c2cccc3c2C24c5c(cccc5N(c5ccccc5)c5ccc6c(c5)C(c5ccccc5)c5ccccc5-6)CC2CCC4C3)cc1. The number of rotatable bonds is 8. The molecule has 1 saturated carbocycles. The van der Waals surface area contributed by atoms with Gasteiger partial charge in [0.15, 0.2) is 0 Å². The van der Waals surface area contributed by atoms with E-state index in [4.69, 9.17) is 0 Å². The van der Waals surface area contributed by atoms with Gasteiger partial charge in [-0.25, -0.2) is 0 Å². The normalized spacial score (nSPS) is 19.5. The Morgan fingerprint density at radius 1 is 0.359 bits per heavy atom. The molecule has 4 aliphatic carbocycles. The second kappa shape index (κ2) is 14.9. The lowest BCUT2D eigenvalue weighted by Crippen LogP contribution is -2.34. The maximum absolute atomic E-state index is 2.61. The molecule has 4 aliphatic rings. The van der Waals surface area contributed by atoms with E-state index in [0.717, 1.165) is 12.8 Å². The molecule has 4 atom stereocenters. The molecule has 0 saturated heterocycles. The predicted molar refractivity (Wildman–Crippen MR) is 265 cm³/mol. The third-order valence-corrected chi connectivity index (χ3v) is 15.2. The van der Waals surface area contributed by atoms with E-state index in [2.05, 4.69) is 234 Å². The second-order valence-electron chi connectivity index (χ2n) is 18.3. The Hall–Kier alpha value is -7.42. The Morgan fingerprint density at radius 3 is 1.52 bits per heavy atom. The molecular weight excluding hydrogens is 773 g/mol. The van der Waals surface area contributed by atoms with Gasteiger partial charge in [0.25, 0.3) is 0 Å². The van der Waals surface area contributed by atoms with Gasteiger partial charge in [0.05, 0.1) is 17.1 Å². The first kappa shape index (κ1) is 37.2. The molecular formula is C62H48N2. The lowest BCUT2D eigenvalue weighted by Gasteiger charge is -2.40. The third-order valence-electron chi connectivity index (χ3n) is 15.2. The summed E-state index contributed by atoms with van der Waals surface area (Å²) in [6.07, 6.45) is 4.66. The fraction of sp³-hybridized carbons (Fsp3) is 0.129. The van der Waals surface area contributed by atoms with E-state index in [9.17, 15) is 0 Å². The quantitative estimate of drug-likeness (QED) is 0.151. The van der Waals surface area contributed by atoms with E-state index >= 15 is 0 Å². The summed E-state index contributed by atoms with van der Waals surface area (Å²) in [6, 6.07) is 84.0. The predicted octanol–water partition coefficient (Wildman–Crippen LogP) is 15.9. The van der Waals surface area contributed by atoms with E-state index in [-0.39, 0.29) is 11.3 Å². The minimum Gasteiger partial charge on any atom is -0.310 e. The zero-order chi connectivity index (χ0) is 42.2. The van der Waals surface area contributed by atoms with Crippen LogP contribution < -0.4 is 9.80 Å². The highest BCUT2D eigenvalue weighted by Crippen LogP contribution is 2.69. The zero-order valence-electron chi connectivity index (χ0n) is 35.8. The molecule has 0 N–H and O–H groups in total. The van der Waals surface area contributed by atoms with Crippen LogP contribution in [0.25, 0.3) is 22.3 Å². The first-order chi connectivity index (χ1) is 31.8. The molecule has 1 fully saturated rings. The van der Waals surface area contributed by atoms with Crippen LogP contribution in [0.3, 0.4) is 0 Å². The molecule has 64 heavy (non-hydrogen) atoms. The molecule has 1 spiro atoms. The summed E-state index contributed by atoms with van der Waals surface area (Å²) in [7, 11) is 0. The second-order valence-corrected chi connectivity index (χ2v) is 18.3. The fourth-order valence-electron chi connectivity index (χ4n) is 12.9. The Labute approximate surface area is 376 Å². The number of hydrogen-bond acceptors (Lipinski definition) is 2. The van der Waals surface area contributed by atoms with Crippen molar-refractivity contribution in [3.05, 3.63) is 263 Å². The van der Waals surface area contributed by atoms with Crippen LogP contribution in [0.2, 0.25) is 0 Å². The van der Waals surface area contributed by atoms with Crippen LogP contribution in [0.5, 0.6) is 0 Å². The van der Waals surface area contributed by atoms with Gasteiger partial charge in [-0.1, -0.05) is 170 Å². The van der Waals surface area contributed by atoms with Crippen LogP contribution in [0, 0.1) is 11.8 Å². The molecule has 2 heteroatoms. The highest BCUT2D eigenvalue weighted by atomic mass is 15.2. The third kappa shape index (κ3) is 5.51. The smallest absolute Gasteiger partial charge is 0.0540 e. The van der Waals surface area contributed by atoms with Gasteiger partial charge in [0.2, 0.25) is 0 Å². The Morgan fingerprint density at radius 2 is 0.859 bits per heavy atom. The molecule has 9 aromatic carbocycles. The zero-order valence-corrected chi connectivity index (χ0v) is 35.8. The van der Waals surface area contributed by atoms with E-state index < -0.39 is 0 Å². The molecule has 0 heterocycles. The van der Waals surface area contributed by atoms with Crippen molar-refractivity contribution >= 4 is 34.1 Å². The van der Waals surface area contributed by atoms with E-state index in [0.29, 0.717) is 11.8 Å². The Balaban J connectivity index is 1.04. The summed E-state index contributed by atoms with van der Waals surface area (Å²) in [4.78, 5) is 5.20. The van der Waals surface area contributed by atoms with E-state index in [1.165, 1.54) is 108 Å². The maximum Gasteiger partial charge on any atom is 0.0540 e. The van der Waals surface area contributed by atoms with E-state index in [1.54, 1.807) is 0 Å². The lowest BCUT2D eigenvalue weighted by atomic mass is 9.68. The van der Waals surface area contributed by atoms with Crippen molar-refractivity contribution in [1.29, 1.82) is 0 Å². The van der Waals surface area contributed by atoms with Crippen LogP contribution in [-0.2, 0) is 18.3 Å². The lowest BCUT2D eigenvalue weighted by molar-refractivity contribution is 0.350. The number of hydrogen-bond donors (Lipinski definition) is 0. The van der Waals surface area contributed by atoms with Gasteiger partial charge in [-0.15, -0.1) is 0 Å². The summed E-state index contributed by atoms with van der Waals surface area (Å²) >= 11 is 0. The van der Waals surface area contributed by atoms with Crippen molar-refractivity contribution in [3.8, 4) is 22.3 Å². The van der Waals surface area contributed by atoms with Crippen LogP contribution in [0.1, 0.15) is 57.7 Å². The number of nitrogens with zero attached hydrogens (tertiary/aromatic N) is 2. The monoisotopic (exact) mass is 820 g/mol. The summed E-state index contributed by atoms with van der Waals surface area (Å²) in [5.41, 5.74) is 22.5. The van der Waals surface area contributed by atoms with Crippen molar-refractivity contribution < 1.29 is 0 Å². The van der Waals surface area contributed by atoms with Crippen LogP contribution in [-0.4, -0.2) is 0 Å². The molecule has 0 bridgehead atoms. The van der Waals surface area contributed by atoms with Gasteiger partial charge >= 0.3 is 0 Å². The Kier molecular flexibility index (Phi) is 8.62. The van der Waals surface area contributed by atoms with E-state index in [1.807, 2.05) is 0 Å². The highest BCUT2D eigenvalue weighted by molar-refractivity contribution is 5.92. The molecule has 4 unspecified atom stereocenters. The van der Waals surface area contributed by atoms with Crippen molar-refractivity contribution in [1.82, 2.24) is 0 Å². The van der Waals surface area contributed by atoms with Crippen molar-refractivity contribution in [2.24, 2.45) is 11.8 Å². The number of para-hydroxylation sites is 3. The van der Waals surface area contributed by atoms with Gasteiger partial charge in [0, 0.05) is 34.0 Å². The highest BCUT2D eigenvalue weighted by Gasteiger charge is 2.62. The van der Waals surface area contributed by atoms with Crippen molar-refractivity contribution in [2.75, 3.05) is 9.80 Å². The summed E-state index contributed by atoms with van der Waals surface area (Å²) in [6.45, 7) is 0.